The van der Waals surface area contributed by atoms with Crippen LogP contribution in [-0.4, -0.2) is 12.5 Å². The van der Waals surface area contributed by atoms with Crippen LogP contribution in [0.15, 0.2) is 28.7 Å². The summed E-state index contributed by atoms with van der Waals surface area (Å²) >= 11 is 3.47. The summed E-state index contributed by atoms with van der Waals surface area (Å²) in [5.41, 5.74) is 6.40. The second-order valence-electron chi connectivity index (χ2n) is 4.47. The first-order valence-electron chi connectivity index (χ1n) is 6.31. The van der Waals surface area contributed by atoms with Gasteiger partial charge in [0.25, 0.3) is 0 Å². The number of halogens is 1. The highest BCUT2D eigenvalue weighted by atomic mass is 79.9. The van der Waals surface area contributed by atoms with Gasteiger partial charge in [-0.2, -0.15) is 0 Å². The molecule has 1 aromatic carbocycles. The Labute approximate surface area is 117 Å². The van der Waals surface area contributed by atoms with Gasteiger partial charge in [-0.15, -0.1) is 0 Å². The number of nitrogens with two attached hydrogens (primary N) is 1. The average Bonchev–Trinajstić information content (AvgIpc) is 2.40. The summed E-state index contributed by atoms with van der Waals surface area (Å²) in [5.74, 6) is 0.0470. The maximum atomic E-state index is 12.2. The van der Waals surface area contributed by atoms with Gasteiger partial charge in [-0.05, 0) is 24.5 Å². The molecule has 0 heterocycles. The molecule has 3 N–H and O–H groups in total. The van der Waals surface area contributed by atoms with Gasteiger partial charge in [0.1, 0.15) is 0 Å². The highest BCUT2D eigenvalue weighted by molar-refractivity contribution is 9.10. The molecule has 0 aliphatic carbocycles. The van der Waals surface area contributed by atoms with Gasteiger partial charge in [0, 0.05) is 17.6 Å². The van der Waals surface area contributed by atoms with E-state index in [-0.39, 0.29) is 5.91 Å². The van der Waals surface area contributed by atoms with Gasteiger partial charge in [0.2, 0.25) is 5.91 Å². The zero-order valence-corrected chi connectivity index (χ0v) is 12.6. The van der Waals surface area contributed by atoms with E-state index in [0.29, 0.717) is 13.1 Å². The lowest BCUT2D eigenvalue weighted by Crippen LogP contribution is -2.45. The van der Waals surface area contributed by atoms with Crippen LogP contribution in [0.3, 0.4) is 0 Å². The number of carbonyl (C=O) groups is 1. The first-order chi connectivity index (χ1) is 8.59. The van der Waals surface area contributed by atoms with Crippen molar-refractivity contribution in [3.63, 3.8) is 0 Å². The molecule has 0 saturated carbocycles. The topological polar surface area (TPSA) is 55.1 Å². The van der Waals surface area contributed by atoms with Crippen LogP contribution in [0.25, 0.3) is 0 Å². The molecule has 0 fully saturated rings. The van der Waals surface area contributed by atoms with E-state index in [9.17, 15) is 4.79 Å². The van der Waals surface area contributed by atoms with Crippen LogP contribution in [-0.2, 0) is 11.3 Å². The Morgan fingerprint density at radius 3 is 2.44 bits per heavy atom. The molecule has 1 rings (SSSR count). The highest BCUT2D eigenvalue weighted by Gasteiger charge is 2.32. The van der Waals surface area contributed by atoms with Crippen molar-refractivity contribution in [3.8, 4) is 0 Å². The predicted molar refractivity (Wildman–Crippen MR) is 78.1 cm³/mol. The van der Waals surface area contributed by atoms with Gasteiger partial charge >= 0.3 is 0 Å². The summed E-state index contributed by atoms with van der Waals surface area (Å²) in [5, 5.41) is 2.98. The second kappa shape index (κ2) is 6.90. The van der Waals surface area contributed by atoms with E-state index < -0.39 is 5.41 Å². The molecule has 100 valence electrons. The van der Waals surface area contributed by atoms with Crippen molar-refractivity contribution >= 4 is 21.8 Å². The molecular formula is C14H21BrN2O. The fourth-order valence-corrected chi connectivity index (χ4v) is 2.38. The number of benzene rings is 1. The van der Waals surface area contributed by atoms with Crippen molar-refractivity contribution in [1.82, 2.24) is 5.32 Å². The second-order valence-corrected chi connectivity index (χ2v) is 5.32. The van der Waals surface area contributed by atoms with Crippen LogP contribution in [0.1, 0.15) is 32.3 Å². The Morgan fingerprint density at radius 2 is 1.94 bits per heavy atom. The van der Waals surface area contributed by atoms with Crippen molar-refractivity contribution in [2.24, 2.45) is 11.1 Å². The normalized spacial score (nSPS) is 11.3. The fraction of sp³-hybridized carbons (Fsp3) is 0.500. The zero-order valence-electron chi connectivity index (χ0n) is 11.0. The summed E-state index contributed by atoms with van der Waals surface area (Å²) in [6.45, 7) is 4.94. The molecule has 0 aromatic heterocycles. The van der Waals surface area contributed by atoms with E-state index in [0.717, 1.165) is 22.9 Å². The number of carbonyl (C=O) groups excluding carboxylic acids is 1. The first-order valence-corrected chi connectivity index (χ1v) is 7.10. The molecule has 0 aliphatic heterocycles. The Hall–Kier alpha value is -0.870. The summed E-state index contributed by atoms with van der Waals surface area (Å²) in [7, 11) is 0. The molecule has 0 radical (unpaired) electrons. The van der Waals surface area contributed by atoms with Gasteiger partial charge in [0.05, 0.1) is 5.41 Å². The van der Waals surface area contributed by atoms with Crippen molar-refractivity contribution in [1.29, 1.82) is 0 Å². The molecule has 3 nitrogen and oxygen atoms in total. The van der Waals surface area contributed by atoms with Crippen LogP contribution < -0.4 is 11.1 Å². The highest BCUT2D eigenvalue weighted by Crippen LogP contribution is 2.25. The lowest BCUT2D eigenvalue weighted by molar-refractivity contribution is -0.131. The minimum Gasteiger partial charge on any atom is -0.351 e. The summed E-state index contributed by atoms with van der Waals surface area (Å²) in [4.78, 5) is 12.2. The number of hydrogen-bond donors (Lipinski definition) is 2. The molecular weight excluding hydrogens is 292 g/mol. The minimum absolute atomic E-state index is 0.0470. The Morgan fingerprint density at radius 1 is 1.33 bits per heavy atom. The van der Waals surface area contributed by atoms with Gasteiger partial charge < -0.3 is 11.1 Å². The molecule has 1 aromatic rings. The number of rotatable bonds is 6. The van der Waals surface area contributed by atoms with Crippen LogP contribution >= 0.6 is 15.9 Å². The molecule has 0 atom stereocenters. The van der Waals surface area contributed by atoms with E-state index in [1.54, 1.807) is 0 Å². The van der Waals surface area contributed by atoms with Gasteiger partial charge in [-0.1, -0.05) is 48.0 Å². The van der Waals surface area contributed by atoms with Crippen molar-refractivity contribution in [2.75, 3.05) is 6.54 Å². The third-order valence-corrected chi connectivity index (χ3v) is 4.40. The van der Waals surface area contributed by atoms with E-state index in [1.807, 2.05) is 38.1 Å². The van der Waals surface area contributed by atoms with Crippen molar-refractivity contribution in [3.05, 3.63) is 34.3 Å². The van der Waals surface area contributed by atoms with Crippen LogP contribution in [0.2, 0.25) is 0 Å². The van der Waals surface area contributed by atoms with Crippen molar-refractivity contribution < 1.29 is 4.79 Å². The maximum Gasteiger partial charge on any atom is 0.227 e. The predicted octanol–water partition coefficient (Wildman–Crippen LogP) is 2.83. The Kier molecular flexibility index (Phi) is 5.82. The van der Waals surface area contributed by atoms with Crippen LogP contribution in [0, 0.1) is 5.41 Å². The molecule has 1 amide bonds. The fourth-order valence-electron chi connectivity index (χ4n) is 1.96. The van der Waals surface area contributed by atoms with Crippen LogP contribution in [0.4, 0.5) is 0 Å². The van der Waals surface area contributed by atoms with E-state index >= 15 is 0 Å². The average molecular weight is 313 g/mol. The molecule has 4 heteroatoms. The standard InChI is InChI=1S/C14H21BrN2O/c1-3-14(4-2,10-16)13(18)17-9-11-7-5-6-8-12(11)15/h5-8H,3-4,9-10,16H2,1-2H3,(H,17,18). The monoisotopic (exact) mass is 312 g/mol. The molecule has 0 saturated heterocycles. The molecule has 18 heavy (non-hydrogen) atoms. The smallest absolute Gasteiger partial charge is 0.227 e. The third-order valence-electron chi connectivity index (χ3n) is 3.62. The Bertz CT molecular complexity index is 394. The van der Waals surface area contributed by atoms with Gasteiger partial charge in [-0.3, -0.25) is 4.79 Å². The zero-order chi connectivity index (χ0) is 13.6. The van der Waals surface area contributed by atoms with E-state index in [4.69, 9.17) is 5.73 Å². The van der Waals surface area contributed by atoms with Crippen LogP contribution in [0.5, 0.6) is 0 Å². The lowest BCUT2D eigenvalue weighted by Gasteiger charge is -2.28. The lowest BCUT2D eigenvalue weighted by atomic mass is 9.81. The summed E-state index contributed by atoms with van der Waals surface area (Å²) in [6, 6.07) is 7.88. The third kappa shape index (κ3) is 3.33. The quantitative estimate of drug-likeness (QED) is 0.848. The van der Waals surface area contributed by atoms with Gasteiger partial charge in [-0.25, -0.2) is 0 Å². The first kappa shape index (κ1) is 15.2. The number of nitrogens with one attached hydrogen (secondary N) is 1. The maximum absolute atomic E-state index is 12.2. The molecule has 0 bridgehead atoms. The van der Waals surface area contributed by atoms with Crippen molar-refractivity contribution in [2.45, 2.75) is 33.2 Å². The summed E-state index contributed by atoms with van der Waals surface area (Å²) < 4.78 is 1.01. The number of hydrogen-bond acceptors (Lipinski definition) is 2. The van der Waals surface area contributed by atoms with Gasteiger partial charge in [0.15, 0.2) is 0 Å². The SMILES string of the molecule is CCC(CC)(CN)C(=O)NCc1ccccc1Br. The largest absolute Gasteiger partial charge is 0.351 e. The number of amides is 1. The molecule has 0 unspecified atom stereocenters. The van der Waals surface area contributed by atoms with E-state index in [1.165, 1.54) is 0 Å². The molecule has 0 aliphatic rings. The Balaban J connectivity index is 2.69. The minimum atomic E-state index is -0.429. The summed E-state index contributed by atoms with van der Waals surface area (Å²) in [6.07, 6.45) is 1.53. The molecule has 0 spiro atoms. The van der Waals surface area contributed by atoms with E-state index in [2.05, 4.69) is 21.2 Å².